The fourth-order valence-electron chi connectivity index (χ4n) is 3.12. The van der Waals surface area contributed by atoms with Gasteiger partial charge in [0.15, 0.2) is 0 Å². The second kappa shape index (κ2) is 8.11. The molecule has 1 heterocycles. The highest BCUT2D eigenvalue weighted by Gasteiger charge is 2.34. The van der Waals surface area contributed by atoms with Crippen molar-refractivity contribution in [1.29, 1.82) is 0 Å². The number of hydrogen-bond donors (Lipinski definition) is 1. The summed E-state index contributed by atoms with van der Waals surface area (Å²) in [6.45, 7) is 0.163. The molecule has 10 heteroatoms. The zero-order valence-corrected chi connectivity index (χ0v) is 15.9. The Hall–Kier alpha value is -2.46. The van der Waals surface area contributed by atoms with Crippen LogP contribution in [-0.4, -0.2) is 31.7 Å². The molecule has 29 heavy (non-hydrogen) atoms. The number of rotatable bonds is 4. The van der Waals surface area contributed by atoms with Crippen molar-refractivity contribution < 1.29 is 30.8 Å². The molecule has 1 fully saturated rings. The molecule has 1 unspecified atom stereocenters. The van der Waals surface area contributed by atoms with Crippen LogP contribution in [0.15, 0.2) is 53.4 Å². The Balaban J connectivity index is 1.68. The first kappa shape index (κ1) is 21.3. The standard InChI is InChI=1S/C19H18F4N2O3S/c20-15-5-9-17(10-6-15)29(27,28)25-11-1-2-13(12-25)18(26)24-16-7-3-14(4-8-16)19(21,22)23/h3-10,13H,1-2,11-12H2,(H,24,26). The Morgan fingerprint density at radius 2 is 1.66 bits per heavy atom. The zero-order valence-electron chi connectivity index (χ0n) is 15.1. The van der Waals surface area contributed by atoms with Crippen molar-refractivity contribution in [3.63, 3.8) is 0 Å². The zero-order chi connectivity index (χ0) is 21.2. The van der Waals surface area contributed by atoms with Crippen molar-refractivity contribution in [2.45, 2.75) is 23.9 Å². The monoisotopic (exact) mass is 430 g/mol. The van der Waals surface area contributed by atoms with Crippen LogP contribution in [0.25, 0.3) is 0 Å². The van der Waals surface area contributed by atoms with Crippen LogP contribution in [0.1, 0.15) is 18.4 Å². The second-order valence-corrected chi connectivity index (χ2v) is 8.66. The summed E-state index contributed by atoms with van der Waals surface area (Å²) >= 11 is 0. The summed E-state index contributed by atoms with van der Waals surface area (Å²) in [6.07, 6.45) is -3.57. The fraction of sp³-hybridized carbons (Fsp3) is 0.316. The van der Waals surface area contributed by atoms with Crippen molar-refractivity contribution in [2.24, 2.45) is 5.92 Å². The van der Waals surface area contributed by atoms with Gasteiger partial charge in [0.05, 0.1) is 16.4 Å². The molecular weight excluding hydrogens is 412 g/mol. The van der Waals surface area contributed by atoms with E-state index in [4.69, 9.17) is 0 Å². The fourth-order valence-corrected chi connectivity index (χ4v) is 4.64. The van der Waals surface area contributed by atoms with Gasteiger partial charge in [-0.25, -0.2) is 12.8 Å². The van der Waals surface area contributed by atoms with Crippen LogP contribution in [0.2, 0.25) is 0 Å². The lowest BCUT2D eigenvalue weighted by Gasteiger charge is -2.31. The second-order valence-electron chi connectivity index (χ2n) is 6.72. The van der Waals surface area contributed by atoms with Gasteiger partial charge in [-0.15, -0.1) is 0 Å². The summed E-state index contributed by atoms with van der Waals surface area (Å²) in [4.78, 5) is 12.4. The normalized spacial score (nSPS) is 18.4. The number of nitrogens with one attached hydrogen (secondary N) is 1. The van der Waals surface area contributed by atoms with Gasteiger partial charge in [0.2, 0.25) is 15.9 Å². The van der Waals surface area contributed by atoms with Crippen LogP contribution in [0.4, 0.5) is 23.2 Å². The molecule has 1 atom stereocenters. The highest BCUT2D eigenvalue weighted by Crippen LogP contribution is 2.30. The first-order chi connectivity index (χ1) is 13.6. The van der Waals surface area contributed by atoms with E-state index >= 15 is 0 Å². The van der Waals surface area contributed by atoms with Gasteiger partial charge in [0.25, 0.3) is 0 Å². The molecule has 1 saturated heterocycles. The van der Waals surface area contributed by atoms with Crippen LogP contribution < -0.4 is 5.32 Å². The quantitative estimate of drug-likeness (QED) is 0.749. The summed E-state index contributed by atoms with van der Waals surface area (Å²) in [5.74, 6) is -1.68. The SMILES string of the molecule is O=C(Nc1ccc(C(F)(F)F)cc1)C1CCCN(S(=O)(=O)c2ccc(F)cc2)C1. The van der Waals surface area contributed by atoms with E-state index < -0.39 is 39.4 Å². The van der Waals surface area contributed by atoms with E-state index in [1.54, 1.807) is 0 Å². The number of nitrogens with zero attached hydrogens (tertiary/aromatic N) is 1. The van der Waals surface area contributed by atoms with Crippen LogP contribution in [0.5, 0.6) is 0 Å². The molecule has 156 valence electrons. The number of benzene rings is 2. The molecule has 3 rings (SSSR count). The predicted octanol–water partition coefficient (Wildman–Crippen LogP) is 3.88. The minimum Gasteiger partial charge on any atom is -0.326 e. The summed E-state index contributed by atoms with van der Waals surface area (Å²) in [5.41, 5.74) is -0.633. The van der Waals surface area contributed by atoms with Gasteiger partial charge < -0.3 is 5.32 Å². The van der Waals surface area contributed by atoms with Gasteiger partial charge in [-0.1, -0.05) is 0 Å². The topological polar surface area (TPSA) is 66.5 Å². The smallest absolute Gasteiger partial charge is 0.326 e. The van der Waals surface area contributed by atoms with Crippen LogP contribution >= 0.6 is 0 Å². The number of piperidine rings is 1. The van der Waals surface area contributed by atoms with E-state index in [0.717, 1.165) is 48.5 Å². The summed E-state index contributed by atoms with van der Waals surface area (Å²) in [5, 5.41) is 2.53. The minimum atomic E-state index is -4.47. The number of hydrogen-bond acceptors (Lipinski definition) is 3. The first-order valence-electron chi connectivity index (χ1n) is 8.81. The Bertz CT molecular complexity index is 974. The third-order valence-corrected chi connectivity index (χ3v) is 6.57. The van der Waals surface area contributed by atoms with Gasteiger partial charge >= 0.3 is 6.18 Å². The van der Waals surface area contributed by atoms with Gasteiger partial charge in [-0.3, -0.25) is 4.79 Å². The third-order valence-electron chi connectivity index (χ3n) is 4.69. The largest absolute Gasteiger partial charge is 0.416 e. The molecule has 0 saturated carbocycles. The van der Waals surface area contributed by atoms with Crippen LogP contribution in [-0.2, 0) is 21.0 Å². The number of halogens is 4. The maximum atomic E-state index is 13.1. The Labute approximate surface area is 165 Å². The van der Waals surface area contributed by atoms with Crippen molar-refractivity contribution in [2.75, 3.05) is 18.4 Å². The summed E-state index contributed by atoms with van der Waals surface area (Å²) in [6, 6.07) is 8.45. The molecular formula is C19H18F4N2O3S. The molecule has 1 amide bonds. The van der Waals surface area contributed by atoms with Gasteiger partial charge in [0, 0.05) is 18.8 Å². The lowest BCUT2D eigenvalue weighted by Crippen LogP contribution is -2.43. The molecule has 0 aromatic heterocycles. The number of anilines is 1. The number of amides is 1. The maximum Gasteiger partial charge on any atom is 0.416 e. The van der Waals surface area contributed by atoms with Crippen LogP contribution in [0.3, 0.4) is 0 Å². The van der Waals surface area contributed by atoms with E-state index in [1.807, 2.05) is 0 Å². The molecule has 1 aliphatic heterocycles. The predicted molar refractivity (Wildman–Crippen MR) is 98.0 cm³/mol. The molecule has 0 bridgehead atoms. The molecule has 0 radical (unpaired) electrons. The van der Waals surface area contributed by atoms with Crippen molar-refractivity contribution in [3.05, 3.63) is 59.9 Å². The van der Waals surface area contributed by atoms with E-state index in [2.05, 4.69) is 5.32 Å². The van der Waals surface area contributed by atoms with Crippen molar-refractivity contribution in [3.8, 4) is 0 Å². The molecule has 1 N–H and O–H groups in total. The lowest BCUT2D eigenvalue weighted by atomic mass is 9.98. The highest BCUT2D eigenvalue weighted by molar-refractivity contribution is 7.89. The lowest BCUT2D eigenvalue weighted by molar-refractivity contribution is -0.137. The molecule has 1 aliphatic rings. The Kier molecular flexibility index (Phi) is 5.95. The summed E-state index contributed by atoms with van der Waals surface area (Å²) < 4.78 is 77.5. The average molecular weight is 430 g/mol. The number of carbonyl (C=O) groups is 1. The van der Waals surface area contributed by atoms with E-state index in [-0.39, 0.29) is 23.7 Å². The molecule has 5 nitrogen and oxygen atoms in total. The van der Waals surface area contributed by atoms with Gasteiger partial charge in [-0.05, 0) is 61.4 Å². The highest BCUT2D eigenvalue weighted by atomic mass is 32.2. The summed E-state index contributed by atoms with van der Waals surface area (Å²) in [7, 11) is -3.88. The van der Waals surface area contributed by atoms with Crippen molar-refractivity contribution in [1.82, 2.24) is 4.31 Å². The molecule has 0 aliphatic carbocycles. The van der Waals surface area contributed by atoms with E-state index in [9.17, 15) is 30.8 Å². The molecule has 2 aromatic rings. The minimum absolute atomic E-state index is 0.0633. The average Bonchev–Trinajstić information content (AvgIpc) is 2.68. The maximum absolute atomic E-state index is 13.1. The number of alkyl halides is 3. The van der Waals surface area contributed by atoms with E-state index in [0.29, 0.717) is 12.8 Å². The number of sulfonamides is 1. The Morgan fingerprint density at radius 3 is 2.24 bits per heavy atom. The van der Waals surface area contributed by atoms with Gasteiger partial charge in [0.1, 0.15) is 5.82 Å². The van der Waals surface area contributed by atoms with E-state index in [1.165, 1.54) is 4.31 Å². The first-order valence-corrected chi connectivity index (χ1v) is 10.3. The number of carbonyl (C=O) groups excluding carboxylic acids is 1. The van der Waals surface area contributed by atoms with Gasteiger partial charge in [-0.2, -0.15) is 17.5 Å². The molecule has 2 aromatic carbocycles. The Morgan fingerprint density at radius 1 is 1.03 bits per heavy atom. The molecule has 0 spiro atoms. The third kappa shape index (κ3) is 4.94. The van der Waals surface area contributed by atoms with Crippen LogP contribution in [0, 0.1) is 11.7 Å². The van der Waals surface area contributed by atoms with Crippen molar-refractivity contribution >= 4 is 21.6 Å².